The fourth-order valence-electron chi connectivity index (χ4n) is 2.46. The summed E-state index contributed by atoms with van der Waals surface area (Å²) in [5.41, 5.74) is 3.10. The normalized spacial score (nSPS) is 17.2. The van der Waals surface area contributed by atoms with E-state index < -0.39 is 0 Å². The van der Waals surface area contributed by atoms with E-state index >= 15 is 0 Å². The van der Waals surface area contributed by atoms with Crippen molar-refractivity contribution in [2.45, 2.75) is 26.3 Å². The van der Waals surface area contributed by atoms with Crippen LogP contribution in [0.2, 0.25) is 0 Å². The third kappa shape index (κ3) is 1.90. The number of hydrogen-bond acceptors (Lipinski definition) is 3. The number of nitrogens with zero attached hydrogens (tertiary/aromatic N) is 2. The predicted octanol–water partition coefficient (Wildman–Crippen LogP) is 2.28. The summed E-state index contributed by atoms with van der Waals surface area (Å²) in [4.78, 5) is 18.0. The van der Waals surface area contributed by atoms with E-state index in [-0.39, 0.29) is 5.91 Å². The van der Waals surface area contributed by atoms with Crippen molar-refractivity contribution in [2.24, 2.45) is 4.99 Å². The zero-order valence-corrected chi connectivity index (χ0v) is 9.86. The molecule has 1 aromatic rings. The molecule has 0 spiro atoms. The monoisotopic (exact) mass is 229 g/mol. The average molecular weight is 229 g/mol. The Hall–Kier alpha value is -1.84. The Morgan fingerprint density at radius 2 is 2.35 bits per heavy atom. The number of rotatable bonds is 1. The third-order valence-electron chi connectivity index (χ3n) is 3.20. The van der Waals surface area contributed by atoms with Gasteiger partial charge in [-0.2, -0.15) is 0 Å². The number of hydrogen-bond donors (Lipinski definition) is 1. The zero-order valence-electron chi connectivity index (χ0n) is 9.86. The Balaban J connectivity index is 1.93. The van der Waals surface area contributed by atoms with E-state index in [1.54, 1.807) is 0 Å². The number of carbonyl (C=O) groups is 1. The lowest BCUT2D eigenvalue weighted by Crippen LogP contribution is -2.26. The van der Waals surface area contributed by atoms with Crippen LogP contribution >= 0.6 is 0 Å². The Bertz CT molecular complexity index is 507. The predicted molar refractivity (Wildman–Crippen MR) is 67.5 cm³/mol. The maximum Gasteiger partial charge on any atom is 0.221 e. The minimum absolute atomic E-state index is 0.0360. The molecule has 1 aromatic carbocycles. The first-order valence-electron chi connectivity index (χ1n) is 5.95. The van der Waals surface area contributed by atoms with Gasteiger partial charge < -0.3 is 10.2 Å². The number of benzene rings is 1. The zero-order chi connectivity index (χ0) is 11.8. The van der Waals surface area contributed by atoms with Crippen molar-refractivity contribution in [1.82, 2.24) is 4.90 Å². The fraction of sp³-hybridized carbons (Fsp3) is 0.385. The quantitative estimate of drug-likeness (QED) is 0.803. The fourth-order valence-corrected chi connectivity index (χ4v) is 2.46. The first-order chi connectivity index (χ1) is 8.22. The topological polar surface area (TPSA) is 44.7 Å². The summed E-state index contributed by atoms with van der Waals surface area (Å²) in [5.74, 6) is 1.18. The van der Waals surface area contributed by atoms with Gasteiger partial charge in [-0.05, 0) is 30.2 Å². The molecule has 2 aliphatic rings. The van der Waals surface area contributed by atoms with Crippen LogP contribution in [0.3, 0.4) is 0 Å². The highest BCUT2D eigenvalue weighted by molar-refractivity contribution is 5.91. The van der Waals surface area contributed by atoms with Crippen LogP contribution in [0.4, 0.5) is 11.4 Å². The van der Waals surface area contributed by atoms with Crippen molar-refractivity contribution in [1.29, 1.82) is 0 Å². The van der Waals surface area contributed by atoms with E-state index in [1.165, 1.54) is 24.7 Å². The molecule has 3 rings (SSSR count). The lowest BCUT2D eigenvalue weighted by molar-refractivity contribution is -0.114. The van der Waals surface area contributed by atoms with E-state index in [9.17, 15) is 4.79 Å². The molecule has 0 aromatic heterocycles. The largest absolute Gasteiger partial charge is 0.356 e. The summed E-state index contributed by atoms with van der Waals surface area (Å²) in [6.45, 7) is 3.54. The lowest BCUT2D eigenvalue weighted by atomic mass is 10.1. The van der Waals surface area contributed by atoms with Crippen LogP contribution < -0.4 is 5.32 Å². The number of amidine groups is 1. The second-order valence-electron chi connectivity index (χ2n) is 4.58. The van der Waals surface area contributed by atoms with Gasteiger partial charge in [-0.1, -0.05) is 0 Å². The molecule has 4 nitrogen and oxygen atoms in total. The second kappa shape index (κ2) is 3.87. The molecule has 1 N–H and O–H groups in total. The molecule has 0 unspecified atom stereocenters. The van der Waals surface area contributed by atoms with Crippen LogP contribution in [-0.2, 0) is 11.3 Å². The standard InChI is InChI=1S/C13H15N3O/c1-9(17)14-11-4-5-12-10(7-11)8-16-6-2-3-13(16)15-12/h4-5,7H,2-3,6,8H2,1H3,(H,14,17). The molecule has 1 amide bonds. The molecule has 88 valence electrons. The van der Waals surface area contributed by atoms with Gasteiger partial charge in [0.05, 0.1) is 5.69 Å². The van der Waals surface area contributed by atoms with Crippen LogP contribution in [0, 0.1) is 0 Å². The number of fused-ring (bicyclic) bond motifs is 2. The Kier molecular flexibility index (Phi) is 2.35. The van der Waals surface area contributed by atoms with Crippen LogP contribution in [0.1, 0.15) is 25.3 Å². The van der Waals surface area contributed by atoms with Crippen LogP contribution in [-0.4, -0.2) is 23.2 Å². The smallest absolute Gasteiger partial charge is 0.221 e. The highest BCUT2D eigenvalue weighted by atomic mass is 16.1. The second-order valence-corrected chi connectivity index (χ2v) is 4.58. The van der Waals surface area contributed by atoms with Crippen molar-refractivity contribution < 1.29 is 4.79 Å². The number of carbonyl (C=O) groups excluding carboxylic acids is 1. The SMILES string of the molecule is CC(=O)Nc1ccc2c(c1)CN1CCCC1=N2. The minimum Gasteiger partial charge on any atom is -0.356 e. The summed E-state index contributed by atoms with van der Waals surface area (Å²) in [6.07, 6.45) is 2.29. The van der Waals surface area contributed by atoms with Gasteiger partial charge in [0.1, 0.15) is 5.84 Å². The van der Waals surface area contributed by atoms with Gasteiger partial charge in [-0.15, -0.1) is 0 Å². The summed E-state index contributed by atoms with van der Waals surface area (Å²) in [7, 11) is 0. The van der Waals surface area contributed by atoms with E-state index in [0.29, 0.717) is 0 Å². The molecule has 0 atom stereocenters. The van der Waals surface area contributed by atoms with Gasteiger partial charge in [0, 0.05) is 32.1 Å². The van der Waals surface area contributed by atoms with Crippen LogP contribution in [0.5, 0.6) is 0 Å². The van der Waals surface area contributed by atoms with Crippen molar-refractivity contribution >= 4 is 23.1 Å². The molecule has 2 aliphatic heterocycles. The Morgan fingerprint density at radius 3 is 3.18 bits per heavy atom. The molecule has 0 radical (unpaired) electrons. The molecular weight excluding hydrogens is 214 g/mol. The van der Waals surface area contributed by atoms with Crippen LogP contribution in [0.25, 0.3) is 0 Å². The molecule has 0 saturated carbocycles. The van der Waals surface area contributed by atoms with E-state index in [2.05, 4.69) is 15.2 Å². The van der Waals surface area contributed by atoms with Gasteiger partial charge in [0.25, 0.3) is 0 Å². The summed E-state index contributed by atoms with van der Waals surface area (Å²) in [6, 6.07) is 5.92. The summed E-state index contributed by atoms with van der Waals surface area (Å²) >= 11 is 0. The minimum atomic E-state index is -0.0360. The molecule has 0 aliphatic carbocycles. The maximum absolute atomic E-state index is 11.0. The summed E-state index contributed by atoms with van der Waals surface area (Å²) < 4.78 is 0. The molecule has 4 heteroatoms. The highest BCUT2D eigenvalue weighted by Gasteiger charge is 2.23. The van der Waals surface area contributed by atoms with Gasteiger partial charge in [-0.25, -0.2) is 4.99 Å². The molecule has 17 heavy (non-hydrogen) atoms. The third-order valence-corrected chi connectivity index (χ3v) is 3.20. The molecule has 1 saturated heterocycles. The summed E-state index contributed by atoms with van der Waals surface area (Å²) in [5, 5.41) is 2.81. The van der Waals surface area contributed by atoms with Crippen molar-refractivity contribution in [3.05, 3.63) is 23.8 Å². The highest BCUT2D eigenvalue weighted by Crippen LogP contribution is 2.31. The number of anilines is 1. The van der Waals surface area contributed by atoms with Crippen molar-refractivity contribution in [2.75, 3.05) is 11.9 Å². The average Bonchev–Trinajstić information content (AvgIpc) is 2.72. The Morgan fingerprint density at radius 1 is 1.47 bits per heavy atom. The number of aliphatic imine (C=N–C) groups is 1. The lowest BCUT2D eigenvalue weighted by Gasteiger charge is -2.25. The van der Waals surface area contributed by atoms with E-state index in [4.69, 9.17) is 0 Å². The van der Waals surface area contributed by atoms with Crippen molar-refractivity contribution in [3.8, 4) is 0 Å². The van der Waals surface area contributed by atoms with E-state index in [1.807, 2.05) is 18.2 Å². The first-order valence-corrected chi connectivity index (χ1v) is 5.95. The molecule has 2 heterocycles. The van der Waals surface area contributed by atoms with Crippen molar-refractivity contribution in [3.63, 3.8) is 0 Å². The Labute approximate surface area is 100 Å². The van der Waals surface area contributed by atoms with Gasteiger partial charge >= 0.3 is 0 Å². The molecule has 0 bridgehead atoms. The van der Waals surface area contributed by atoms with Crippen LogP contribution in [0.15, 0.2) is 23.2 Å². The van der Waals surface area contributed by atoms with Gasteiger partial charge in [0.2, 0.25) is 5.91 Å². The van der Waals surface area contributed by atoms with E-state index in [0.717, 1.165) is 30.9 Å². The maximum atomic E-state index is 11.0. The van der Waals surface area contributed by atoms with Gasteiger partial charge in [0.15, 0.2) is 0 Å². The number of nitrogens with one attached hydrogen (secondary N) is 1. The molecule has 1 fully saturated rings. The molecular formula is C13H15N3O. The number of amides is 1. The first kappa shape index (κ1) is 10.3. The van der Waals surface area contributed by atoms with Gasteiger partial charge in [-0.3, -0.25) is 4.79 Å².